The Labute approximate surface area is 262 Å². The molecule has 0 aliphatic carbocycles. The van der Waals surface area contributed by atoms with Crippen LogP contribution in [0, 0.1) is 0 Å². The summed E-state index contributed by atoms with van der Waals surface area (Å²) in [6.07, 6.45) is 16.4. The molecule has 0 radical (unpaired) electrons. The van der Waals surface area contributed by atoms with E-state index in [4.69, 9.17) is 23.5 Å². The molecule has 1 rings (SSSR count). The zero-order valence-corrected chi connectivity index (χ0v) is 26.8. The predicted octanol–water partition coefficient (Wildman–Crippen LogP) is 3.72. The largest absolute Gasteiger partial charge is 0.457 e. The van der Waals surface area contributed by atoms with Gasteiger partial charge in [0.05, 0.1) is 19.8 Å². The predicted molar refractivity (Wildman–Crippen MR) is 165 cm³/mol. The highest BCUT2D eigenvalue weighted by Gasteiger charge is 2.48. The quantitative estimate of drug-likeness (QED) is 0.0517. The van der Waals surface area contributed by atoms with E-state index in [-0.39, 0.29) is 19.6 Å². The Morgan fingerprint density at radius 1 is 0.886 bits per heavy atom. The van der Waals surface area contributed by atoms with Gasteiger partial charge in [0.1, 0.15) is 30.5 Å². The molecular weight excluding hydrogens is 596 g/mol. The number of hydrogen-bond donors (Lipinski definition) is 4. The summed E-state index contributed by atoms with van der Waals surface area (Å²) < 4.78 is 57.7. The van der Waals surface area contributed by atoms with E-state index in [1.54, 1.807) is 0 Å². The first-order chi connectivity index (χ1) is 21.1. The molecule has 0 spiro atoms. The van der Waals surface area contributed by atoms with Crippen LogP contribution < -0.4 is 0 Å². The van der Waals surface area contributed by atoms with Crippen molar-refractivity contribution in [1.29, 1.82) is 0 Å². The van der Waals surface area contributed by atoms with Crippen molar-refractivity contribution in [3.8, 4) is 0 Å². The van der Waals surface area contributed by atoms with Crippen molar-refractivity contribution >= 4 is 16.4 Å². The second kappa shape index (κ2) is 24.3. The molecule has 1 fully saturated rings. The van der Waals surface area contributed by atoms with Gasteiger partial charge in [-0.15, -0.1) is 0 Å². The smallest absolute Gasteiger partial charge is 0.397 e. The standard InChI is InChI=1S/C31H52O12S/c1-3-5-6-7-8-9-10-11-12-13-14-15-16-17-18-19-21-39-23-25(41-27(33)20-4-2)24-40-31-29(35)30(43-44(36,37)38)28(34)26(22-32)42-31/h5-6,8-9,11-12,14-15,25-26,28-32,34-35H,3-4,7,10,13,16-24H2,1-2H3,(H,36,37,38)/b6-5-,9-8-,12-11-,15-14-. The van der Waals surface area contributed by atoms with E-state index in [0.29, 0.717) is 13.0 Å². The number of esters is 1. The van der Waals surface area contributed by atoms with Crippen molar-refractivity contribution in [2.75, 3.05) is 26.4 Å². The van der Waals surface area contributed by atoms with Crippen molar-refractivity contribution in [2.45, 2.75) is 115 Å². The lowest BCUT2D eigenvalue weighted by molar-refractivity contribution is -0.301. The summed E-state index contributed by atoms with van der Waals surface area (Å²) >= 11 is 0. The summed E-state index contributed by atoms with van der Waals surface area (Å²) in [6.45, 7) is 3.34. The van der Waals surface area contributed by atoms with E-state index in [9.17, 15) is 28.5 Å². The SMILES string of the molecule is CC/C=C\C/C=C\C/C=C\C/C=C\CCCCCOCC(COC1OC(CO)C(O)C(OS(=O)(=O)O)C1O)OC(=O)CCC. The van der Waals surface area contributed by atoms with E-state index >= 15 is 0 Å². The van der Waals surface area contributed by atoms with Crippen molar-refractivity contribution in [2.24, 2.45) is 0 Å². The third-order valence-corrected chi connectivity index (χ3v) is 6.90. The van der Waals surface area contributed by atoms with Crippen molar-refractivity contribution in [3.05, 3.63) is 48.6 Å². The average Bonchev–Trinajstić information content (AvgIpc) is 2.97. The minimum atomic E-state index is -5.05. The zero-order valence-electron chi connectivity index (χ0n) is 25.9. The molecular formula is C31H52O12S. The van der Waals surface area contributed by atoms with E-state index < -0.39 is 59.8 Å². The van der Waals surface area contributed by atoms with Crippen LogP contribution in [0.4, 0.5) is 0 Å². The fourth-order valence-electron chi connectivity index (χ4n) is 4.17. The third-order valence-electron chi connectivity index (χ3n) is 6.44. The van der Waals surface area contributed by atoms with Crippen molar-refractivity contribution < 1.29 is 56.2 Å². The minimum absolute atomic E-state index is 0.00609. The molecule has 1 aliphatic heterocycles. The van der Waals surface area contributed by atoms with Crippen molar-refractivity contribution in [3.63, 3.8) is 0 Å². The molecule has 0 saturated carbocycles. The highest BCUT2D eigenvalue weighted by Crippen LogP contribution is 2.25. The van der Waals surface area contributed by atoms with Crippen LogP contribution in [0.5, 0.6) is 0 Å². The summed E-state index contributed by atoms with van der Waals surface area (Å²) in [5, 5.41) is 30.1. The lowest BCUT2D eigenvalue weighted by Crippen LogP contribution is -2.60. The van der Waals surface area contributed by atoms with Crippen LogP contribution in [-0.2, 0) is 38.3 Å². The highest BCUT2D eigenvalue weighted by atomic mass is 32.3. The monoisotopic (exact) mass is 648 g/mol. The molecule has 0 bridgehead atoms. The van der Waals surface area contributed by atoms with E-state index in [2.05, 4.69) is 59.7 Å². The molecule has 6 unspecified atom stereocenters. The first-order valence-electron chi connectivity index (χ1n) is 15.4. The number of carbonyl (C=O) groups is 1. The first kappa shape index (κ1) is 40.1. The fourth-order valence-corrected chi connectivity index (χ4v) is 4.68. The van der Waals surface area contributed by atoms with Crippen molar-refractivity contribution in [1.82, 2.24) is 0 Å². The summed E-state index contributed by atoms with van der Waals surface area (Å²) in [5.41, 5.74) is 0. The molecule has 0 aromatic heterocycles. The van der Waals surface area contributed by atoms with Gasteiger partial charge in [0.2, 0.25) is 0 Å². The van der Waals surface area contributed by atoms with Gasteiger partial charge in [-0.3, -0.25) is 9.35 Å². The van der Waals surface area contributed by atoms with Gasteiger partial charge in [0.25, 0.3) is 0 Å². The highest BCUT2D eigenvalue weighted by molar-refractivity contribution is 7.80. The van der Waals surface area contributed by atoms with Gasteiger partial charge in [-0.25, -0.2) is 4.18 Å². The van der Waals surface area contributed by atoms with Gasteiger partial charge >= 0.3 is 16.4 Å². The molecule has 0 aromatic carbocycles. The lowest BCUT2D eigenvalue weighted by atomic mass is 9.99. The van der Waals surface area contributed by atoms with Gasteiger partial charge in [-0.05, 0) is 51.4 Å². The van der Waals surface area contributed by atoms with Gasteiger partial charge < -0.3 is 34.3 Å². The second-order valence-electron chi connectivity index (χ2n) is 10.3. The van der Waals surface area contributed by atoms with Crippen LogP contribution in [0.2, 0.25) is 0 Å². The summed E-state index contributed by atoms with van der Waals surface area (Å²) in [6, 6.07) is 0. The molecule has 254 valence electrons. The Balaban J connectivity index is 2.40. The van der Waals surface area contributed by atoms with E-state index in [1.807, 2.05) is 6.92 Å². The number of hydrogen-bond acceptors (Lipinski definition) is 11. The number of allylic oxidation sites excluding steroid dienone is 8. The zero-order chi connectivity index (χ0) is 32.6. The number of carbonyl (C=O) groups excluding carboxylic acids is 1. The Morgan fingerprint density at radius 3 is 2.11 bits per heavy atom. The van der Waals surface area contributed by atoms with Crippen LogP contribution in [0.3, 0.4) is 0 Å². The topological polar surface area (TPSA) is 178 Å². The van der Waals surface area contributed by atoms with Crippen LogP contribution in [0.25, 0.3) is 0 Å². The number of aliphatic hydroxyl groups is 3. The summed E-state index contributed by atoms with van der Waals surface area (Å²) in [7, 11) is -5.05. The minimum Gasteiger partial charge on any atom is -0.457 e. The molecule has 0 aromatic rings. The number of aliphatic hydroxyl groups excluding tert-OH is 3. The summed E-state index contributed by atoms with van der Waals surface area (Å²) in [5.74, 6) is -0.469. The fraction of sp³-hybridized carbons (Fsp3) is 0.710. The first-order valence-corrected chi connectivity index (χ1v) is 16.8. The molecule has 1 heterocycles. The van der Waals surface area contributed by atoms with Gasteiger partial charge in [-0.1, -0.05) is 68.9 Å². The van der Waals surface area contributed by atoms with Crippen LogP contribution in [0.1, 0.15) is 78.1 Å². The Hall–Kier alpha value is -1.94. The number of rotatable bonds is 24. The normalized spacial score (nSPS) is 23.8. The van der Waals surface area contributed by atoms with E-state index in [0.717, 1.165) is 51.4 Å². The molecule has 1 saturated heterocycles. The van der Waals surface area contributed by atoms with Crippen LogP contribution >= 0.6 is 0 Å². The maximum absolute atomic E-state index is 12.1. The Bertz CT molecular complexity index is 978. The van der Waals surface area contributed by atoms with E-state index in [1.165, 1.54) is 0 Å². The number of ether oxygens (including phenoxy) is 4. The summed E-state index contributed by atoms with van der Waals surface area (Å²) in [4.78, 5) is 12.1. The molecule has 6 atom stereocenters. The van der Waals surface area contributed by atoms with Gasteiger partial charge in [0, 0.05) is 13.0 Å². The molecule has 0 amide bonds. The maximum Gasteiger partial charge on any atom is 0.397 e. The molecule has 13 heteroatoms. The number of unbranched alkanes of at least 4 members (excludes halogenated alkanes) is 3. The van der Waals surface area contributed by atoms with Gasteiger partial charge in [0.15, 0.2) is 6.29 Å². The maximum atomic E-state index is 12.1. The van der Waals surface area contributed by atoms with Gasteiger partial charge in [-0.2, -0.15) is 8.42 Å². The second-order valence-corrected chi connectivity index (χ2v) is 11.4. The molecule has 44 heavy (non-hydrogen) atoms. The molecule has 1 aliphatic rings. The Kier molecular flexibility index (Phi) is 22.1. The molecule has 12 nitrogen and oxygen atoms in total. The lowest BCUT2D eigenvalue weighted by Gasteiger charge is -2.41. The average molecular weight is 649 g/mol. The third kappa shape index (κ3) is 18.8. The Morgan fingerprint density at radius 2 is 1.52 bits per heavy atom. The molecule has 4 N–H and O–H groups in total. The van der Waals surface area contributed by atoms with Crippen LogP contribution in [-0.4, -0.2) is 97.5 Å². The van der Waals surface area contributed by atoms with Crippen LogP contribution in [0.15, 0.2) is 48.6 Å².